The van der Waals surface area contributed by atoms with Crippen molar-refractivity contribution in [2.24, 2.45) is 0 Å². The maximum Gasteiger partial charge on any atom is 0.239 e. The van der Waals surface area contributed by atoms with Gasteiger partial charge in [-0.15, -0.1) is 0 Å². The third-order valence-electron chi connectivity index (χ3n) is 4.24. The fourth-order valence-corrected chi connectivity index (χ4v) is 4.53. The molecular formula is C19H23NO3S. The van der Waals surface area contributed by atoms with Crippen molar-refractivity contribution in [3.05, 3.63) is 65.7 Å². The first-order chi connectivity index (χ1) is 11.5. The number of ether oxygens (including phenoxy) is 1. The van der Waals surface area contributed by atoms with Gasteiger partial charge in [-0.25, -0.2) is 8.42 Å². The van der Waals surface area contributed by atoms with E-state index in [4.69, 9.17) is 4.74 Å². The fourth-order valence-electron chi connectivity index (χ4n) is 2.92. The van der Waals surface area contributed by atoms with Gasteiger partial charge in [-0.2, -0.15) is 0 Å². The Morgan fingerprint density at radius 2 is 1.79 bits per heavy atom. The van der Waals surface area contributed by atoms with Crippen molar-refractivity contribution in [3.63, 3.8) is 0 Å². The third kappa shape index (κ3) is 4.16. The molecule has 1 saturated heterocycles. The number of nitrogens with zero attached hydrogens (tertiary/aromatic N) is 1. The molecule has 0 aromatic heterocycles. The van der Waals surface area contributed by atoms with Crippen LogP contribution in [0.25, 0.3) is 0 Å². The monoisotopic (exact) mass is 345 g/mol. The Labute approximate surface area is 144 Å². The first kappa shape index (κ1) is 17.0. The summed E-state index contributed by atoms with van der Waals surface area (Å²) < 4.78 is 33.3. The molecule has 2 aromatic carbocycles. The second-order valence-corrected chi connectivity index (χ2v) is 8.14. The summed E-state index contributed by atoms with van der Waals surface area (Å²) in [4.78, 5) is 0. The molecule has 0 amide bonds. The van der Waals surface area contributed by atoms with Gasteiger partial charge >= 0.3 is 0 Å². The topological polar surface area (TPSA) is 46.6 Å². The SMILES string of the molecule is Cc1ccc(CS(=O)(=O)N(CC2CCCO2)c2ccccc2)cc1. The Kier molecular flexibility index (Phi) is 5.21. The predicted molar refractivity (Wildman–Crippen MR) is 96.6 cm³/mol. The lowest BCUT2D eigenvalue weighted by atomic mass is 10.2. The second-order valence-electron chi connectivity index (χ2n) is 6.24. The number of anilines is 1. The van der Waals surface area contributed by atoms with Gasteiger partial charge in [0.15, 0.2) is 0 Å². The highest BCUT2D eigenvalue weighted by Gasteiger charge is 2.28. The van der Waals surface area contributed by atoms with Crippen LogP contribution < -0.4 is 4.31 Å². The van der Waals surface area contributed by atoms with Crippen LogP contribution in [0.3, 0.4) is 0 Å². The van der Waals surface area contributed by atoms with E-state index in [2.05, 4.69) is 0 Å². The molecule has 1 fully saturated rings. The van der Waals surface area contributed by atoms with E-state index in [9.17, 15) is 8.42 Å². The summed E-state index contributed by atoms with van der Waals surface area (Å²) in [5.74, 6) is -0.00507. The van der Waals surface area contributed by atoms with Crippen LogP contribution in [0.1, 0.15) is 24.0 Å². The normalized spacial score (nSPS) is 17.8. The number of para-hydroxylation sites is 1. The zero-order chi connectivity index (χ0) is 17.0. The van der Waals surface area contributed by atoms with Crippen LogP contribution in [-0.2, 0) is 20.5 Å². The molecule has 1 unspecified atom stereocenters. The minimum absolute atomic E-state index is 0.00507. The summed E-state index contributed by atoms with van der Waals surface area (Å²) in [6.45, 7) is 3.08. The van der Waals surface area contributed by atoms with Gasteiger partial charge in [-0.1, -0.05) is 48.0 Å². The molecule has 24 heavy (non-hydrogen) atoms. The minimum atomic E-state index is -3.48. The number of benzene rings is 2. The number of rotatable bonds is 6. The molecule has 0 spiro atoms. The zero-order valence-electron chi connectivity index (χ0n) is 13.9. The molecule has 0 radical (unpaired) electrons. The molecule has 2 aromatic rings. The maximum atomic E-state index is 13.0. The average molecular weight is 345 g/mol. The maximum absolute atomic E-state index is 13.0. The largest absolute Gasteiger partial charge is 0.376 e. The fraction of sp³-hybridized carbons (Fsp3) is 0.368. The summed E-state index contributed by atoms with van der Waals surface area (Å²) in [5.41, 5.74) is 2.62. The Hall–Kier alpha value is -1.85. The number of aryl methyl sites for hydroxylation is 1. The smallest absolute Gasteiger partial charge is 0.239 e. The van der Waals surface area contributed by atoms with Crippen molar-refractivity contribution in [2.45, 2.75) is 31.6 Å². The highest BCUT2D eigenvalue weighted by Crippen LogP contribution is 2.24. The van der Waals surface area contributed by atoms with E-state index in [0.29, 0.717) is 18.8 Å². The van der Waals surface area contributed by atoms with Crippen molar-refractivity contribution in [1.82, 2.24) is 0 Å². The quantitative estimate of drug-likeness (QED) is 0.805. The van der Waals surface area contributed by atoms with Crippen molar-refractivity contribution < 1.29 is 13.2 Å². The van der Waals surface area contributed by atoms with Crippen LogP contribution in [0.15, 0.2) is 54.6 Å². The lowest BCUT2D eigenvalue weighted by molar-refractivity contribution is 0.118. The molecule has 0 N–H and O–H groups in total. The van der Waals surface area contributed by atoms with Gasteiger partial charge in [0.2, 0.25) is 10.0 Å². The van der Waals surface area contributed by atoms with Crippen LogP contribution >= 0.6 is 0 Å². The highest BCUT2D eigenvalue weighted by molar-refractivity contribution is 7.92. The Bertz CT molecular complexity index is 751. The Morgan fingerprint density at radius 1 is 1.08 bits per heavy atom. The van der Waals surface area contributed by atoms with E-state index in [-0.39, 0.29) is 11.9 Å². The Balaban J connectivity index is 1.86. The predicted octanol–water partition coefficient (Wildman–Crippen LogP) is 3.51. The van der Waals surface area contributed by atoms with Crippen molar-refractivity contribution in [1.29, 1.82) is 0 Å². The molecule has 1 aliphatic rings. The summed E-state index contributed by atoms with van der Waals surface area (Å²) in [7, 11) is -3.48. The highest BCUT2D eigenvalue weighted by atomic mass is 32.2. The van der Waals surface area contributed by atoms with E-state index in [0.717, 1.165) is 24.0 Å². The average Bonchev–Trinajstić information content (AvgIpc) is 3.08. The van der Waals surface area contributed by atoms with Gasteiger partial charge in [0.1, 0.15) is 0 Å². The molecule has 0 bridgehead atoms. The van der Waals surface area contributed by atoms with E-state index < -0.39 is 10.0 Å². The van der Waals surface area contributed by atoms with E-state index in [1.165, 1.54) is 4.31 Å². The molecule has 0 aliphatic carbocycles. The van der Waals surface area contributed by atoms with Gasteiger partial charge in [0, 0.05) is 6.61 Å². The number of sulfonamides is 1. The van der Waals surface area contributed by atoms with E-state index >= 15 is 0 Å². The van der Waals surface area contributed by atoms with Gasteiger partial charge in [-0.3, -0.25) is 4.31 Å². The second kappa shape index (κ2) is 7.36. The zero-order valence-corrected chi connectivity index (χ0v) is 14.7. The molecule has 5 heteroatoms. The molecule has 0 saturated carbocycles. The van der Waals surface area contributed by atoms with Crippen LogP contribution in [0.4, 0.5) is 5.69 Å². The number of hydrogen-bond acceptors (Lipinski definition) is 3. The molecule has 3 rings (SSSR count). The van der Waals surface area contributed by atoms with Crippen molar-refractivity contribution >= 4 is 15.7 Å². The van der Waals surface area contributed by atoms with Crippen molar-refractivity contribution in [2.75, 3.05) is 17.5 Å². The lowest BCUT2D eigenvalue weighted by Crippen LogP contribution is -2.38. The van der Waals surface area contributed by atoms with Crippen LogP contribution in [0.5, 0.6) is 0 Å². The van der Waals surface area contributed by atoms with E-state index in [1.54, 1.807) is 0 Å². The molecule has 1 atom stereocenters. The van der Waals surface area contributed by atoms with Crippen LogP contribution in [0.2, 0.25) is 0 Å². The summed E-state index contributed by atoms with van der Waals surface area (Å²) in [6, 6.07) is 16.9. The molecule has 4 nitrogen and oxygen atoms in total. The minimum Gasteiger partial charge on any atom is -0.376 e. The van der Waals surface area contributed by atoms with Crippen molar-refractivity contribution in [3.8, 4) is 0 Å². The first-order valence-electron chi connectivity index (χ1n) is 8.27. The van der Waals surface area contributed by atoms with E-state index in [1.807, 2.05) is 61.5 Å². The van der Waals surface area contributed by atoms with Gasteiger partial charge in [-0.05, 0) is 37.5 Å². The van der Waals surface area contributed by atoms with Gasteiger partial charge < -0.3 is 4.74 Å². The lowest BCUT2D eigenvalue weighted by Gasteiger charge is -2.27. The number of hydrogen-bond donors (Lipinski definition) is 0. The van der Waals surface area contributed by atoms with Crippen LogP contribution in [-0.4, -0.2) is 27.7 Å². The molecular weight excluding hydrogens is 322 g/mol. The molecule has 1 aliphatic heterocycles. The van der Waals surface area contributed by atoms with Gasteiger partial charge in [0.25, 0.3) is 0 Å². The third-order valence-corrected chi connectivity index (χ3v) is 5.97. The van der Waals surface area contributed by atoms with Gasteiger partial charge in [0.05, 0.1) is 24.1 Å². The summed E-state index contributed by atoms with van der Waals surface area (Å²) in [6.07, 6.45) is 1.87. The van der Waals surface area contributed by atoms with Crippen LogP contribution in [0, 0.1) is 6.92 Å². The summed E-state index contributed by atoms with van der Waals surface area (Å²) in [5, 5.41) is 0. The molecule has 1 heterocycles. The first-order valence-corrected chi connectivity index (χ1v) is 9.88. The summed E-state index contributed by atoms with van der Waals surface area (Å²) >= 11 is 0. The Morgan fingerprint density at radius 3 is 2.42 bits per heavy atom. The standard InChI is InChI=1S/C19H23NO3S/c1-16-9-11-17(12-10-16)15-24(21,22)20(14-19-8-5-13-23-19)18-6-3-2-4-7-18/h2-4,6-7,9-12,19H,5,8,13-15H2,1H3. The molecule has 128 valence electrons.